The molecule has 0 spiro atoms. The van der Waals surface area contributed by atoms with Gasteiger partial charge in [0.05, 0.1) is 0 Å². The van der Waals surface area contributed by atoms with Crippen molar-refractivity contribution in [3.8, 4) is 0 Å². The molecule has 3 nitrogen and oxygen atoms in total. The second-order valence-electron chi connectivity index (χ2n) is 4.33. The molecule has 2 saturated heterocycles. The van der Waals surface area contributed by atoms with Crippen LogP contribution in [-0.4, -0.2) is 42.3 Å². The van der Waals surface area contributed by atoms with Gasteiger partial charge in [-0.05, 0) is 31.6 Å². The van der Waals surface area contributed by atoms with Crippen LogP contribution in [0.3, 0.4) is 0 Å². The van der Waals surface area contributed by atoms with Crippen molar-refractivity contribution in [2.24, 2.45) is 5.92 Å². The molecule has 2 bridgehead atoms. The molecule has 13 heavy (non-hydrogen) atoms. The van der Waals surface area contributed by atoms with Gasteiger partial charge in [-0.15, -0.1) is 0 Å². The van der Waals surface area contributed by atoms with E-state index in [-0.39, 0.29) is 5.81 Å². The van der Waals surface area contributed by atoms with Crippen molar-refractivity contribution in [3.63, 3.8) is 0 Å². The van der Waals surface area contributed by atoms with Crippen LogP contribution in [0.25, 0.3) is 0 Å². The number of carbonyl (C=O) groups excluding carboxylic acids is 1. The lowest BCUT2D eigenvalue weighted by Crippen LogP contribution is -2.46. The van der Waals surface area contributed by atoms with E-state index in [1.165, 1.54) is 0 Å². The summed E-state index contributed by atoms with van der Waals surface area (Å²) in [4.78, 5) is 13.4. The van der Waals surface area contributed by atoms with E-state index in [9.17, 15) is 4.79 Å². The molecule has 2 aliphatic rings. The zero-order valence-electron chi connectivity index (χ0n) is 8.07. The zero-order chi connectivity index (χ0) is 9.42. The molecule has 0 saturated carbocycles. The van der Waals surface area contributed by atoms with Gasteiger partial charge in [0, 0.05) is 18.7 Å². The van der Waals surface area contributed by atoms with E-state index in [4.69, 9.17) is 5.11 Å². The maximum Gasteiger partial charge on any atom is 0.215 e. The SMILES string of the molecule is BC(=O)N1C2CCC1CC(CO)C2. The molecular weight excluding hydrogens is 165 g/mol. The van der Waals surface area contributed by atoms with Gasteiger partial charge in [-0.3, -0.25) is 4.79 Å². The number of carbonyl (C=O) groups is 1. The molecule has 0 aromatic carbocycles. The van der Waals surface area contributed by atoms with Crippen LogP contribution in [0, 0.1) is 5.92 Å². The van der Waals surface area contributed by atoms with E-state index in [1.807, 2.05) is 4.90 Å². The minimum atomic E-state index is 0.212. The lowest BCUT2D eigenvalue weighted by atomic mass is 9.89. The molecule has 0 radical (unpaired) electrons. The van der Waals surface area contributed by atoms with Crippen LogP contribution in [0.5, 0.6) is 0 Å². The maximum atomic E-state index is 11.3. The molecule has 2 fully saturated rings. The Kier molecular flexibility index (Phi) is 2.32. The third kappa shape index (κ3) is 1.48. The third-order valence-corrected chi connectivity index (χ3v) is 3.45. The minimum absolute atomic E-state index is 0.212. The molecule has 2 aliphatic heterocycles. The average molecular weight is 181 g/mol. The molecular formula is C9H16BNO2. The molecule has 2 unspecified atom stereocenters. The highest BCUT2D eigenvalue weighted by atomic mass is 16.3. The van der Waals surface area contributed by atoms with E-state index in [0.717, 1.165) is 25.7 Å². The highest BCUT2D eigenvalue weighted by Crippen LogP contribution is 2.38. The Morgan fingerprint density at radius 2 is 1.92 bits per heavy atom. The van der Waals surface area contributed by atoms with Crippen LogP contribution in [0.2, 0.25) is 0 Å². The largest absolute Gasteiger partial charge is 0.396 e. The van der Waals surface area contributed by atoms with E-state index < -0.39 is 0 Å². The fourth-order valence-electron chi connectivity index (χ4n) is 2.95. The number of aliphatic hydroxyl groups excluding tert-OH is 1. The molecule has 0 aromatic heterocycles. The number of rotatable bonds is 1. The van der Waals surface area contributed by atoms with Gasteiger partial charge in [0.15, 0.2) is 5.81 Å². The molecule has 2 atom stereocenters. The number of amides is 1. The number of hydrogen-bond donors (Lipinski definition) is 1. The van der Waals surface area contributed by atoms with Crippen LogP contribution in [0.1, 0.15) is 25.7 Å². The monoisotopic (exact) mass is 181 g/mol. The highest BCUT2D eigenvalue weighted by molar-refractivity contribution is 6.57. The summed E-state index contributed by atoms with van der Waals surface area (Å²) < 4.78 is 0. The van der Waals surface area contributed by atoms with Crippen LogP contribution in [0.15, 0.2) is 0 Å². The standard InChI is InChI=1S/C9H16BNO2/c10-9(13)11-7-1-2-8(11)4-6(3-7)5-12/h6-8,12H,1-5,10H2. The van der Waals surface area contributed by atoms with Crippen LogP contribution < -0.4 is 0 Å². The van der Waals surface area contributed by atoms with E-state index in [0.29, 0.717) is 24.6 Å². The Morgan fingerprint density at radius 1 is 1.38 bits per heavy atom. The second-order valence-corrected chi connectivity index (χ2v) is 4.33. The van der Waals surface area contributed by atoms with E-state index in [2.05, 4.69) is 0 Å². The van der Waals surface area contributed by atoms with Crippen molar-refractivity contribution in [1.82, 2.24) is 4.90 Å². The Hall–Kier alpha value is -0.505. The lowest BCUT2D eigenvalue weighted by Gasteiger charge is -2.38. The first kappa shape index (κ1) is 9.07. The summed E-state index contributed by atoms with van der Waals surface area (Å²) in [7, 11) is 1.66. The van der Waals surface area contributed by atoms with Gasteiger partial charge in [0.25, 0.3) is 0 Å². The molecule has 2 rings (SSSR count). The summed E-state index contributed by atoms with van der Waals surface area (Å²) in [5.74, 6) is 0.650. The van der Waals surface area contributed by atoms with E-state index in [1.54, 1.807) is 7.85 Å². The van der Waals surface area contributed by atoms with Crippen molar-refractivity contribution in [2.75, 3.05) is 6.61 Å². The fraction of sp³-hybridized carbons (Fsp3) is 0.889. The van der Waals surface area contributed by atoms with Crippen molar-refractivity contribution in [2.45, 2.75) is 37.8 Å². The average Bonchev–Trinajstić information content (AvgIpc) is 2.37. The minimum Gasteiger partial charge on any atom is -0.396 e. The lowest BCUT2D eigenvalue weighted by molar-refractivity contribution is 0.103. The first-order valence-electron chi connectivity index (χ1n) is 5.12. The smallest absolute Gasteiger partial charge is 0.215 e. The number of fused-ring (bicyclic) bond motifs is 2. The number of aliphatic hydroxyl groups is 1. The van der Waals surface area contributed by atoms with Gasteiger partial charge < -0.3 is 10.0 Å². The van der Waals surface area contributed by atoms with Gasteiger partial charge in [-0.2, -0.15) is 0 Å². The third-order valence-electron chi connectivity index (χ3n) is 3.45. The Morgan fingerprint density at radius 3 is 2.31 bits per heavy atom. The van der Waals surface area contributed by atoms with E-state index >= 15 is 0 Å². The molecule has 0 aliphatic carbocycles. The van der Waals surface area contributed by atoms with Crippen molar-refractivity contribution < 1.29 is 9.90 Å². The Bertz CT molecular complexity index is 208. The first-order valence-corrected chi connectivity index (χ1v) is 5.12. The molecule has 0 aromatic rings. The summed E-state index contributed by atoms with van der Waals surface area (Å²) in [5.41, 5.74) is 0. The van der Waals surface area contributed by atoms with Crippen LogP contribution in [-0.2, 0) is 0 Å². The number of nitrogens with zero attached hydrogens (tertiary/aromatic N) is 1. The predicted molar refractivity (Wildman–Crippen MR) is 52.4 cm³/mol. The van der Waals surface area contributed by atoms with Gasteiger partial charge in [-0.25, -0.2) is 0 Å². The molecule has 1 amide bonds. The predicted octanol–water partition coefficient (Wildman–Crippen LogP) is -0.0252. The summed E-state index contributed by atoms with van der Waals surface area (Å²) in [6.07, 6.45) is 4.29. The molecule has 72 valence electrons. The molecule has 2 heterocycles. The van der Waals surface area contributed by atoms with Crippen molar-refractivity contribution in [1.29, 1.82) is 0 Å². The molecule has 1 N–H and O–H groups in total. The number of hydrogen-bond acceptors (Lipinski definition) is 2. The normalized spacial score (nSPS) is 37.9. The summed E-state index contributed by atoms with van der Waals surface area (Å²) >= 11 is 0. The Balaban J connectivity index is 2.08. The van der Waals surface area contributed by atoms with Gasteiger partial charge in [0.2, 0.25) is 7.85 Å². The van der Waals surface area contributed by atoms with Gasteiger partial charge in [0.1, 0.15) is 0 Å². The molecule has 4 heteroatoms. The summed E-state index contributed by atoms with van der Waals surface area (Å²) in [6, 6.07) is 0.849. The topological polar surface area (TPSA) is 40.5 Å². The highest BCUT2D eigenvalue weighted by Gasteiger charge is 2.41. The maximum absolute atomic E-state index is 11.3. The second kappa shape index (κ2) is 3.33. The quantitative estimate of drug-likeness (QED) is 0.577. The zero-order valence-corrected chi connectivity index (χ0v) is 8.07. The van der Waals surface area contributed by atoms with Gasteiger partial charge >= 0.3 is 0 Å². The summed E-state index contributed by atoms with van der Waals surface area (Å²) in [6.45, 7) is 0.290. The van der Waals surface area contributed by atoms with Crippen molar-refractivity contribution in [3.05, 3.63) is 0 Å². The fourth-order valence-corrected chi connectivity index (χ4v) is 2.95. The number of piperidine rings is 1. The Labute approximate surface area is 79.5 Å². The van der Waals surface area contributed by atoms with Gasteiger partial charge in [-0.1, -0.05) is 0 Å². The van der Waals surface area contributed by atoms with Crippen LogP contribution >= 0.6 is 0 Å². The summed E-state index contributed by atoms with van der Waals surface area (Å²) in [5, 5.41) is 9.08. The van der Waals surface area contributed by atoms with Crippen molar-refractivity contribution >= 4 is 13.7 Å². The first-order chi connectivity index (χ1) is 6.22. The van der Waals surface area contributed by atoms with Crippen LogP contribution in [0.4, 0.5) is 4.79 Å².